The van der Waals surface area contributed by atoms with E-state index in [-0.39, 0.29) is 24.3 Å². The van der Waals surface area contributed by atoms with Gasteiger partial charge in [-0.15, -0.1) is 13.2 Å². The Labute approximate surface area is 201 Å². The maximum absolute atomic E-state index is 12.5. The van der Waals surface area contributed by atoms with Crippen LogP contribution in [0.3, 0.4) is 0 Å². The molecule has 2 aromatic carbocycles. The molecule has 166 valence electrons. The van der Waals surface area contributed by atoms with E-state index in [1.807, 2.05) is 6.07 Å². The van der Waals surface area contributed by atoms with Gasteiger partial charge in [-0.2, -0.15) is 0 Å². The second-order valence-corrected chi connectivity index (χ2v) is 8.65. The predicted molar refractivity (Wildman–Crippen MR) is 131 cm³/mol. The average Bonchev–Trinajstić information content (AvgIpc) is 3.01. The minimum Gasteiger partial charge on any atom is -0.493 e. The Bertz CT molecular complexity index is 1110. The molecule has 0 N–H and O–H groups in total. The van der Waals surface area contributed by atoms with Gasteiger partial charge in [0.2, 0.25) is 0 Å². The van der Waals surface area contributed by atoms with Crippen molar-refractivity contribution in [2.24, 2.45) is 0 Å². The predicted octanol–water partition coefficient (Wildman–Crippen LogP) is 6.53. The first-order valence-electron chi connectivity index (χ1n) is 9.62. The van der Waals surface area contributed by atoms with Gasteiger partial charge >= 0.3 is 0 Å². The van der Waals surface area contributed by atoms with Crippen LogP contribution in [0.15, 0.2) is 60.5 Å². The van der Waals surface area contributed by atoms with Crippen molar-refractivity contribution in [3.05, 3.63) is 87.3 Å². The minimum absolute atomic E-state index is 0.174. The highest BCUT2D eigenvalue weighted by Gasteiger charge is 2.34. The quantitative estimate of drug-likeness (QED) is 0.296. The molecule has 0 atom stereocenters. The summed E-state index contributed by atoms with van der Waals surface area (Å²) >= 11 is 13.1. The van der Waals surface area contributed by atoms with E-state index in [4.69, 9.17) is 32.7 Å². The first kappa shape index (κ1) is 24.0. The van der Waals surface area contributed by atoms with Crippen LogP contribution in [0.4, 0.5) is 4.79 Å². The molecule has 1 heterocycles. The lowest BCUT2D eigenvalue weighted by atomic mass is 10.0. The van der Waals surface area contributed by atoms with Crippen molar-refractivity contribution in [2.45, 2.75) is 13.0 Å². The Balaban J connectivity index is 1.93. The number of amides is 2. The first-order valence-corrected chi connectivity index (χ1v) is 11.2. The van der Waals surface area contributed by atoms with Crippen molar-refractivity contribution in [1.29, 1.82) is 0 Å². The summed E-state index contributed by atoms with van der Waals surface area (Å²) < 4.78 is 11.6. The summed E-state index contributed by atoms with van der Waals surface area (Å²) in [7, 11) is 1.54. The lowest BCUT2D eigenvalue weighted by molar-refractivity contribution is -0.122. The second kappa shape index (κ2) is 10.8. The van der Waals surface area contributed by atoms with Crippen molar-refractivity contribution in [3.8, 4) is 11.5 Å². The van der Waals surface area contributed by atoms with Gasteiger partial charge in [0.15, 0.2) is 11.5 Å². The lowest BCUT2D eigenvalue weighted by Crippen LogP contribution is -2.27. The number of carbonyl (C=O) groups is 2. The van der Waals surface area contributed by atoms with E-state index in [0.29, 0.717) is 38.4 Å². The summed E-state index contributed by atoms with van der Waals surface area (Å²) in [6, 6.07) is 8.85. The lowest BCUT2D eigenvalue weighted by Gasteiger charge is -2.16. The molecular weight excluding hydrogens is 469 g/mol. The average molecular weight is 490 g/mol. The molecule has 0 spiro atoms. The number of halogens is 2. The Morgan fingerprint density at radius 2 is 1.88 bits per heavy atom. The highest BCUT2D eigenvalue weighted by molar-refractivity contribution is 8.18. The molecule has 8 heteroatoms. The monoisotopic (exact) mass is 489 g/mol. The van der Waals surface area contributed by atoms with Gasteiger partial charge in [0.25, 0.3) is 11.1 Å². The number of carbonyl (C=O) groups excluding carboxylic acids is 2. The normalized spacial score (nSPS) is 14.7. The van der Waals surface area contributed by atoms with E-state index in [9.17, 15) is 9.59 Å². The van der Waals surface area contributed by atoms with Crippen molar-refractivity contribution in [1.82, 2.24) is 4.90 Å². The van der Waals surface area contributed by atoms with Crippen LogP contribution in [0.5, 0.6) is 11.5 Å². The molecule has 0 saturated carbocycles. The number of hydrogen-bond donors (Lipinski definition) is 0. The molecule has 5 nitrogen and oxygen atoms in total. The van der Waals surface area contributed by atoms with Crippen molar-refractivity contribution >= 4 is 52.2 Å². The van der Waals surface area contributed by atoms with Crippen LogP contribution < -0.4 is 9.47 Å². The van der Waals surface area contributed by atoms with Gasteiger partial charge in [-0.3, -0.25) is 14.5 Å². The maximum Gasteiger partial charge on any atom is 0.293 e. The van der Waals surface area contributed by atoms with Gasteiger partial charge in [-0.1, -0.05) is 41.4 Å². The maximum atomic E-state index is 12.5. The molecule has 1 aliphatic heterocycles. The van der Waals surface area contributed by atoms with Crippen LogP contribution in [-0.2, 0) is 17.8 Å². The highest BCUT2D eigenvalue weighted by atomic mass is 35.5. The third-order valence-corrected chi connectivity index (χ3v) is 6.10. The molecule has 0 bridgehead atoms. The Morgan fingerprint density at radius 1 is 1.09 bits per heavy atom. The fourth-order valence-corrected chi connectivity index (χ4v) is 4.43. The van der Waals surface area contributed by atoms with Crippen LogP contribution in [-0.4, -0.2) is 29.7 Å². The summed E-state index contributed by atoms with van der Waals surface area (Å²) in [6.07, 6.45) is 5.45. The number of allylic oxidation sites excluding steroid dienone is 1. The van der Waals surface area contributed by atoms with E-state index < -0.39 is 0 Å². The Hall–Kier alpha value is -2.67. The van der Waals surface area contributed by atoms with Gasteiger partial charge in [0.05, 0.1) is 12.0 Å². The van der Waals surface area contributed by atoms with E-state index in [0.717, 1.165) is 27.8 Å². The fraction of sp³-hybridized carbons (Fsp3) is 0.167. The van der Waals surface area contributed by atoms with E-state index in [1.54, 1.807) is 36.4 Å². The smallest absolute Gasteiger partial charge is 0.293 e. The number of thioether (sulfide) groups is 1. The summed E-state index contributed by atoms with van der Waals surface area (Å²) in [5.74, 6) is 0.697. The van der Waals surface area contributed by atoms with Crippen LogP contribution >= 0.6 is 35.0 Å². The van der Waals surface area contributed by atoms with Crippen LogP contribution in [0.1, 0.15) is 16.7 Å². The van der Waals surface area contributed by atoms with Gasteiger partial charge in [-0.25, -0.2) is 0 Å². The largest absolute Gasteiger partial charge is 0.493 e. The molecule has 0 aromatic heterocycles. The van der Waals surface area contributed by atoms with Gasteiger partial charge < -0.3 is 9.47 Å². The van der Waals surface area contributed by atoms with Crippen LogP contribution in [0, 0.1) is 0 Å². The zero-order valence-corrected chi connectivity index (χ0v) is 19.7. The molecule has 0 aliphatic carbocycles. The molecule has 32 heavy (non-hydrogen) atoms. The topological polar surface area (TPSA) is 55.8 Å². The Kier molecular flexibility index (Phi) is 8.07. The molecular formula is C24H21Cl2NO4S. The fourth-order valence-electron chi connectivity index (χ4n) is 3.12. The molecule has 0 radical (unpaired) electrons. The zero-order valence-electron chi connectivity index (χ0n) is 17.4. The van der Waals surface area contributed by atoms with Gasteiger partial charge in [0.1, 0.15) is 6.61 Å². The van der Waals surface area contributed by atoms with Crippen molar-refractivity contribution in [2.75, 3.05) is 13.7 Å². The molecule has 3 rings (SSSR count). The van der Waals surface area contributed by atoms with E-state index in [2.05, 4.69) is 13.2 Å². The standard InChI is InChI=1S/C24H21Cl2NO4S/c1-4-6-16-10-15(12-21-23(28)27(9-5-2)24(29)32-21)11-20(30-3)22(16)31-14-17-7-8-18(25)13-19(17)26/h4-5,7-8,10-13H,1-2,6,9,14H2,3H3/b21-12+. The van der Waals surface area contributed by atoms with E-state index >= 15 is 0 Å². The SMILES string of the molecule is C=CCc1cc(/C=C2/SC(=O)N(CC=C)C2=O)cc(OC)c1OCc1ccc(Cl)cc1Cl. The van der Waals surface area contributed by atoms with Crippen molar-refractivity contribution in [3.63, 3.8) is 0 Å². The number of methoxy groups -OCH3 is 1. The number of rotatable bonds is 9. The zero-order chi connectivity index (χ0) is 23.3. The summed E-state index contributed by atoms with van der Waals surface area (Å²) in [5, 5.41) is 0.735. The number of ether oxygens (including phenoxy) is 2. The second-order valence-electron chi connectivity index (χ2n) is 6.81. The van der Waals surface area contributed by atoms with Crippen molar-refractivity contribution < 1.29 is 19.1 Å². The summed E-state index contributed by atoms with van der Waals surface area (Å²) in [4.78, 5) is 26.1. The number of nitrogens with zero attached hydrogens (tertiary/aromatic N) is 1. The number of benzene rings is 2. The molecule has 0 unspecified atom stereocenters. The van der Waals surface area contributed by atoms with Gasteiger partial charge in [0, 0.05) is 27.7 Å². The van der Waals surface area contributed by atoms with Crippen LogP contribution in [0.25, 0.3) is 6.08 Å². The third kappa shape index (κ3) is 5.38. The summed E-state index contributed by atoms with van der Waals surface area (Å²) in [6.45, 7) is 7.79. The molecule has 1 fully saturated rings. The molecule has 1 aliphatic rings. The number of hydrogen-bond acceptors (Lipinski definition) is 5. The Morgan fingerprint density at radius 3 is 2.53 bits per heavy atom. The third-order valence-electron chi connectivity index (χ3n) is 4.61. The number of imide groups is 1. The first-order chi connectivity index (χ1) is 15.4. The molecule has 2 aromatic rings. The molecule has 1 saturated heterocycles. The minimum atomic E-state index is -0.346. The van der Waals surface area contributed by atoms with Crippen LogP contribution in [0.2, 0.25) is 10.0 Å². The molecule has 2 amide bonds. The van der Waals surface area contributed by atoms with E-state index in [1.165, 1.54) is 13.2 Å². The van der Waals surface area contributed by atoms with Gasteiger partial charge in [-0.05, 0) is 54.1 Å². The highest BCUT2D eigenvalue weighted by Crippen LogP contribution is 2.38. The summed E-state index contributed by atoms with van der Waals surface area (Å²) in [5.41, 5.74) is 2.31.